The zero-order valence-corrected chi connectivity index (χ0v) is 43.2. The van der Waals surface area contributed by atoms with E-state index in [9.17, 15) is 47.1 Å². The third-order valence-corrected chi connectivity index (χ3v) is 13.1. The lowest BCUT2D eigenvalue weighted by Crippen LogP contribution is -2.59. The molecule has 2 fully saturated rings. The first-order valence-electron chi connectivity index (χ1n) is 24.3. The summed E-state index contributed by atoms with van der Waals surface area (Å²) in [6.07, 6.45) is -0.0478. The van der Waals surface area contributed by atoms with Crippen LogP contribution in [-0.2, 0) is 41.9 Å². The Balaban J connectivity index is 1.36. The molecule has 0 aromatic heterocycles. The van der Waals surface area contributed by atoms with Crippen LogP contribution in [0.2, 0.25) is 0 Å². The molecule has 2 saturated heterocycles. The summed E-state index contributed by atoms with van der Waals surface area (Å²) < 4.78 is 27.3. The van der Waals surface area contributed by atoms with Gasteiger partial charge in [-0.15, -0.1) is 0 Å². The second-order valence-electron chi connectivity index (χ2n) is 21.0. The van der Waals surface area contributed by atoms with E-state index in [1.165, 1.54) is 76.5 Å². The number of rotatable bonds is 18. The Bertz CT molecular complexity index is 2350. The number of likely N-dealkylation sites (N-methyl/N-ethyl adjacent to an activating group) is 2. The lowest BCUT2D eigenvalue weighted by Gasteiger charge is -2.36. The van der Waals surface area contributed by atoms with Crippen LogP contribution in [0.15, 0.2) is 66.7 Å². The van der Waals surface area contributed by atoms with Crippen LogP contribution in [0.5, 0.6) is 0 Å². The molecule has 8 atom stereocenters. The van der Waals surface area contributed by atoms with Gasteiger partial charge in [-0.05, 0) is 105 Å². The van der Waals surface area contributed by atoms with E-state index in [-0.39, 0.29) is 55.8 Å². The molecule has 2 aliphatic rings. The van der Waals surface area contributed by atoms with Crippen LogP contribution < -0.4 is 48.3 Å². The topological polar surface area (TPSA) is 265 Å². The normalized spacial score (nSPS) is 19.5. The van der Waals surface area contributed by atoms with Crippen molar-refractivity contribution in [3.8, 4) is 0 Å². The summed E-state index contributed by atoms with van der Waals surface area (Å²) in [7, 11) is 3.21. The van der Waals surface area contributed by atoms with E-state index in [4.69, 9.17) is 5.73 Å². The highest BCUT2D eigenvalue weighted by atomic mass is 19.1. The number of carbonyl (C=O) groups is 8. The molecule has 0 saturated carbocycles. The summed E-state index contributed by atoms with van der Waals surface area (Å²) >= 11 is 0. The number of carbonyl (C=O) groups excluding carboxylic acids is 8. The van der Waals surface area contributed by atoms with Crippen LogP contribution in [-0.4, -0.2) is 133 Å². The van der Waals surface area contributed by atoms with Gasteiger partial charge in [0.05, 0.1) is 12.1 Å². The summed E-state index contributed by atoms with van der Waals surface area (Å²) in [4.78, 5) is 114. The number of amides is 8. The first-order chi connectivity index (χ1) is 34.2. The number of hydrogen-bond acceptors (Lipinski definition) is 11. The van der Waals surface area contributed by atoms with E-state index in [2.05, 4.69) is 42.5 Å². The molecule has 8 amide bonds. The molecule has 0 bridgehead atoms. The number of anilines is 1. The zero-order chi connectivity index (χ0) is 54.1. The molecular formula is C52H71F2N11O8. The highest BCUT2D eigenvalue weighted by Crippen LogP contribution is 2.29. The average Bonchev–Trinajstić information content (AvgIpc) is 3.97. The van der Waals surface area contributed by atoms with Gasteiger partial charge in [-0.3, -0.25) is 38.4 Å². The molecule has 10 N–H and O–H groups in total. The van der Waals surface area contributed by atoms with Gasteiger partial charge >= 0.3 is 0 Å². The third-order valence-electron chi connectivity index (χ3n) is 13.1. The van der Waals surface area contributed by atoms with Crippen LogP contribution in [0.1, 0.15) is 100 Å². The molecule has 5 rings (SSSR count). The largest absolute Gasteiger partial charge is 0.399 e. The fourth-order valence-corrected chi connectivity index (χ4v) is 8.56. The first-order valence-corrected chi connectivity index (χ1v) is 24.3. The van der Waals surface area contributed by atoms with Crippen molar-refractivity contribution in [2.24, 2.45) is 10.8 Å². The van der Waals surface area contributed by atoms with Crippen molar-refractivity contribution in [2.75, 3.05) is 32.9 Å². The van der Waals surface area contributed by atoms with E-state index < -0.39 is 118 Å². The van der Waals surface area contributed by atoms with Gasteiger partial charge in [-0.2, -0.15) is 0 Å². The summed E-state index contributed by atoms with van der Waals surface area (Å²) in [5.74, 6) is -5.29. The molecule has 2 aliphatic heterocycles. The van der Waals surface area contributed by atoms with Crippen molar-refractivity contribution in [3.05, 3.63) is 101 Å². The van der Waals surface area contributed by atoms with E-state index in [1.807, 2.05) is 0 Å². The van der Waals surface area contributed by atoms with Gasteiger partial charge in [0.25, 0.3) is 11.8 Å². The van der Waals surface area contributed by atoms with Crippen molar-refractivity contribution in [1.82, 2.24) is 52.3 Å². The van der Waals surface area contributed by atoms with Gasteiger partial charge in [-0.25, -0.2) is 8.78 Å². The van der Waals surface area contributed by atoms with Gasteiger partial charge in [0.1, 0.15) is 35.8 Å². The highest BCUT2D eigenvalue weighted by molar-refractivity contribution is 6.02. The lowest BCUT2D eigenvalue weighted by atomic mass is 9.85. The number of nitrogens with zero attached hydrogens (tertiary/aromatic N) is 2. The minimum absolute atomic E-state index is 0.0195. The maximum Gasteiger partial charge on any atom is 0.251 e. The van der Waals surface area contributed by atoms with Crippen LogP contribution in [0.3, 0.4) is 0 Å². The number of likely N-dealkylation sites (tertiary alicyclic amines) is 2. The molecule has 2 heterocycles. The third kappa shape index (κ3) is 15.0. The van der Waals surface area contributed by atoms with Gasteiger partial charge in [-0.1, -0.05) is 65.8 Å². The second kappa shape index (κ2) is 24.1. The van der Waals surface area contributed by atoms with Gasteiger partial charge in [0, 0.05) is 55.1 Å². The summed E-state index contributed by atoms with van der Waals surface area (Å²) in [5, 5.41) is 22.7. The Labute approximate surface area is 425 Å². The number of hydrogen-bond donors (Lipinski definition) is 9. The van der Waals surface area contributed by atoms with Gasteiger partial charge in [0.2, 0.25) is 35.4 Å². The van der Waals surface area contributed by atoms with Crippen LogP contribution in [0, 0.1) is 22.5 Å². The van der Waals surface area contributed by atoms with Crippen LogP contribution in [0.4, 0.5) is 14.5 Å². The molecule has 0 radical (unpaired) electrons. The van der Waals surface area contributed by atoms with Crippen molar-refractivity contribution in [2.45, 2.75) is 130 Å². The molecule has 19 nitrogen and oxygen atoms in total. The minimum atomic E-state index is -1.09. The molecule has 3 aromatic carbocycles. The van der Waals surface area contributed by atoms with Crippen LogP contribution in [0.25, 0.3) is 0 Å². The predicted octanol–water partition coefficient (Wildman–Crippen LogP) is 1.86. The Morgan fingerprint density at radius 2 is 0.932 bits per heavy atom. The summed E-state index contributed by atoms with van der Waals surface area (Å²) in [6.45, 7) is 13.7. The molecule has 21 heteroatoms. The number of nitrogens with two attached hydrogens (primary N) is 1. The molecule has 0 spiro atoms. The highest BCUT2D eigenvalue weighted by Gasteiger charge is 2.47. The maximum atomic E-state index is 14.5. The van der Waals surface area contributed by atoms with Crippen molar-refractivity contribution < 1.29 is 47.1 Å². The Hall–Kier alpha value is -7.00. The number of nitrogen functional groups attached to an aromatic ring is 1. The lowest BCUT2D eigenvalue weighted by molar-refractivity contribution is -0.144. The molecule has 396 valence electrons. The van der Waals surface area contributed by atoms with Crippen molar-refractivity contribution >= 4 is 52.9 Å². The Kier molecular flexibility index (Phi) is 18.8. The number of halogens is 2. The monoisotopic (exact) mass is 1020 g/mol. The average molecular weight is 1020 g/mol. The summed E-state index contributed by atoms with van der Waals surface area (Å²) in [5.41, 5.74) is 5.89. The smallest absolute Gasteiger partial charge is 0.251 e. The van der Waals surface area contributed by atoms with Gasteiger partial charge < -0.3 is 58.1 Å². The van der Waals surface area contributed by atoms with Gasteiger partial charge in [0.15, 0.2) is 0 Å². The van der Waals surface area contributed by atoms with Crippen molar-refractivity contribution in [3.63, 3.8) is 0 Å². The van der Waals surface area contributed by atoms with Crippen LogP contribution >= 0.6 is 0 Å². The Morgan fingerprint density at radius 3 is 1.25 bits per heavy atom. The zero-order valence-electron chi connectivity index (χ0n) is 43.2. The molecule has 73 heavy (non-hydrogen) atoms. The quantitative estimate of drug-likeness (QED) is 0.0831. The molecule has 0 aliphatic carbocycles. The predicted molar refractivity (Wildman–Crippen MR) is 270 cm³/mol. The summed E-state index contributed by atoms with van der Waals surface area (Å²) in [6, 6.07) is 7.94. The minimum Gasteiger partial charge on any atom is -0.399 e. The number of benzene rings is 3. The Morgan fingerprint density at radius 1 is 0.589 bits per heavy atom. The fourth-order valence-electron chi connectivity index (χ4n) is 8.56. The second-order valence-corrected chi connectivity index (χ2v) is 21.0. The van der Waals surface area contributed by atoms with E-state index in [0.717, 1.165) is 0 Å². The standard InChI is InChI=1S/C52H71F2N11O8/c1-28(56-9)43(66)62-41(51(3,4)5)49(72)64-26-37(22-39(64)47(70)58-24-30-11-15-34(53)16-12-30)60-45(68)32-19-33(21-36(55)20-32)46(69)61-38-23-40(48(71)59-25-31-13-17-35(54)18-14-31)65(27-38)50(73)42(52(6,7)8)63-44(67)29(2)57-10/h11-21,28-29,37-42,56-57H,22-27,55H2,1-10H3,(H,58,70)(H,59,71)(H,60,68)(H,61,69)(H,62,66)(H,63,67). The fraction of sp³-hybridized carbons (Fsp3) is 0.500. The molecule has 3 aromatic rings. The first kappa shape index (κ1) is 56.9. The SMILES string of the molecule is CNC(C)C(=O)NC(C(=O)N1CC(NC(=O)c2cc(N)cc(C(=O)NC3CC(C(=O)NCc4ccc(F)cc4)N(C(=O)C(NC(=O)C(C)NC)C(C)(C)C)C3)c2)CC1C(=O)NCc1ccc(F)cc1)C(C)(C)C. The maximum absolute atomic E-state index is 14.5. The van der Waals surface area contributed by atoms with E-state index in [1.54, 1.807) is 69.5 Å². The number of nitrogens with one attached hydrogen (secondary N) is 8. The molecular weight excluding hydrogens is 945 g/mol. The van der Waals surface area contributed by atoms with Crippen molar-refractivity contribution in [1.29, 1.82) is 0 Å². The van der Waals surface area contributed by atoms with E-state index >= 15 is 0 Å². The molecule has 8 unspecified atom stereocenters. The van der Waals surface area contributed by atoms with E-state index in [0.29, 0.717) is 11.1 Å².